The van der Waals surface area contributed by atoms with Crippen molar-refractivity contribution in [3.05, 3.63) is 27.7 Å². The maximum atomic E-state index is 12.6. The van der Waals surface area contributed by atoms with Gasteiger partial charge in [0.05, 0.1) is 22.7 Å². The number of nitrogens with zero attached hydrogens (tertiary/aromatic N) is 1. The summed E-state index contributed by atoms with van der Waals surface area (Å²) in [6.45, 7) is 1.44. The van der Waals surface area contributed by atoms with Gasteiger partial charge in [-0.05, 0) is 26.0 Å². The molecule has 1 aliphatic rings. The number of benzene rings is 1. The SMILES string of the molecule is CNC1CCCN(C(=O)c2cc(Cl)c(Cl)cc2OC)C1.Cl. The maximum absolute atomic E-state index is 12.6. The van der Waals surface area contributed by atoms with E-state index in [1.807, 2.05) is 11.9 Å². The zero-order chi connectivity index (χ0) is 14.7. The molecule has 0 bridgehead atoms. The van der Waals surface area contributed by atoms with Gasteiger partial charge in [-0.2, -0.15) is 0 Å². The van der Waals surface area contributed by atoms with Crippen molar-refractivity contribution in [2.24, 2.45) is 0 Å². The molecule has 1 aromatic carbocycles. The molecule has 2 rings (SSSR count). The van der Waals surface area contributed by atoms with Crippen molar-refractivity contribution in [2.45, 2.75) is 18.9 Å². The summed E-state index contributed by atoms with van der Waals surface area (Å²) in [5, 5.41) is 3.96. The van der Waals surface area contributed by atoms with Gasteiger partial charge >= 0.3 is 0 Å². The van der Waals surface area contributed by atoms with Crippen LogP contribution >= 0.6 is 35.6 Å². The lowest BCUT2D eigenvalue weighted by atomic mass is 10.0. The van der Waals surface area contributed by atoms with Crippen LogP contribution < -0.4 is 10.1 Å². The number of hydrogen-bond donors (Lipinski definition) is 1. The lowest BCUT2D eigenvalue weighted by Gasteiger charge is -2.33. The van der Waals surface area contributed by atoms with Crippen LogP contribution in [0.4, 0.5) is 0 Å². The Balaban J connectivity index is 0.00000220. The molecule has 1 atom stereocenters. The summed E-state index contributed by atoms with van der Waals surface area (Å²) >= 11 is 12.0. The third kappa shape index (κ3) is 4.16. The Bertz CT molecular complexity index is 511. The molecule has 0 aliphatic carbocycles. The molecule has 1 N–H and O–H groups in total. The summed E-state index contributed by atoms with van der Waals surface area (Å²) in [6.07, 6.45) is 2.07. The summed E-state index contributed by atoms with van der Waals surface area (Å²) in [5.74, 6) is 0.386. The second-order valence-electron chi connectivity index (χ2n) is 4.85. The molecule has 1 aliphatic heterocycles. The van der Waals surface area contributed by atoms with Crippen LogP contribution in [0.2, 0.25) is 10.0 Å². The Morgan fingerprint density at radius 1 is 1.38 bits per heavy atom. The number of likely N-dealkylation sites (tertiary alicyclic amines) is 1. The first-order chi connectivity index (χ1) is 9.56. The van der Waals surface area contributed by atoms with Gasteiger partial charge in [0.15, 0.2) is 0 Å². The second-order valence-corrected chi connectivity index (χ2v) is 5.66. The van der Waals surface area contributed by atoms with Crippen LogP contribution in [0.25, 0.3) is 0 Å². The summed E-state index contributed by atoms with van der Waals surface area (Å²) in [6, 6.07) is 3.49. The highest BCUT2D eigenvalue weighted by molar-refractivity contribution is 6.42. The first kappa shape index (κ1) is 18.4. The third-order valence-electron chi connectivity index (χ3n) is 3.59. The number of nitrogens with one attached hydrogen (secondary N) is 1. The quantitative estimate of drug-likeness (QED) is 0.907. The molecule has 0 radical (unpaired) electrons. The summed E-state index contributed by atoms with van der Waals surface area (Å²) < 4.78 is 5.24. The highest BCUT2D eigenvalue weighted by Crippen LogP contribution is 2.31. The third-order valence-corrected chi connectivity index (χ3v) is 4.31. The fourth-order valence-corrected chi connectivity index (χ4v) is 2.75. The molecule has 1 saturated heterocycles. The Morgan fingerprint density at radius 3 is 2.67 bits per heavy atom. The Labute approximate surface area is 141 Å². The predicted molar refractivity (Wildman–Crippen MR) is 88.2 cm³/mol. The molecule has 0 aromatic heterocycles. The first-order valence-electron chi connectivity index (χ1n) is 6.56. The monoisotopic (exact) mass is 352 g/mol. The molecular formula is C14H19Cl3N2O2. The number of piperidine rings is 1. The molecule has 0 spiro atoms. The van der Waals surface area contributed by atoms with Crippen LogP contribution in [-0.4, -0.2) is 44.1 Å². The van der Waals surface area contributed by atoms with Crippen LogP contribution in [0.1, 0.15) is 23.2 Å². The lowest BCUT2D eigenvalue weighted by Crippen LogP contribution is -2.47. The van der Waals surface area contributed by atoms with E-state index in [2.05, 4.69) is 5.32 Å². The average molecular weight is 354 g/mol. The van der Waals surface area contributed by atoms with Gasteiger partial charge in [-0.3, -0.25) is 4.79 Å². The van der Waals surface area contributed by atoms with Crippen molar-refractivity contribution in [1.82, 2.24) is 10.2 Å². The van der Waals surface area contributed by atoms with E-state index in [1.165, 1.54) is 7.11 Å². The second kappa shape index (κ2) is 8.08. The minimum Gasteiger partial charge on any atom is -0.496 e. The van der Waals surface area contributed by atoms with Crippen molar-refractivity contribution in [2.75, 3.05) is 27.2 Å². The van der Waals surface area contributed by atoms with E-state index in [9.17, 15) is 4.79 Å². The highest BCUT2D eigenvalue weighted by atomic mass is 35.5. The molecule has 1 unspecified atom stereocenters. The van der Waals surface area contributed by atoms with E-state index in [-0.39, 0.29) is 18.3 Å². The molecule has 118 valence electrons. The standard InChI is InChI=1S/C14H18Cl2N2O2.ClH/c1-17-9-4-3-5-18(8-9)14(19)10-6-11(15)12(16)7-13(10)20-2;/h6-7,9,17H,3-5,8H2,1-2H3;1H. The normalized spacial score (nSPS) is 18.1. The molecule has 1 aromatic rings. The Hall–Kier alpha value is -0.680. The number of amides is 1. The molecule has 4 nitrogen and oxygen atoms in total. The van der Waals surface area contributed by atoms with E-state index < -0.39 is 0 Å². The van der Waals surface area contributed by atoms with Crippen molar-refractivity contribution in [3.63, 3.8) is 0 Å². The Morgan fingerprint density at radius 2 is 2.05 bits per heavy atom. The zero-order valence-electron chi connectivity index (χ0n) is 12.0. The number of halogens is 3. The van der Waals surface area contributed by atoms with Crippen LogP contribution in [0.3, 0.4) is 0 Å². The number of ether oxygens (including phenoxy) is 1. The fraction of sp³-hybridized carbons (Fsp3) is 0.500. The summed E-state index contributed by atoms with van der Waals surface area (Å²) in [7, 11) is 3.43. The van der Waals surface area contributed by atoms with E-state index in [0.717, 1.165) is 19.4 Å². The molecule has 1 fully saturated rings. The van der Waals surface area contributed by atoms with Gasteiger partial charge in [0.25, 0.3) is 5.91 Å². The molecule has 1 heterocycles. The van der Waals surface area contributed by atoms with Gasteiger partial charge in [0.1, 0.15) is 5.75 Å². The highest BCUT2D eigenvalue weighted by Gasteiger charge is 2.26. The molecule has 1 amide bonds. The van der Waals surface area contributed by atoms with E-state index in [1.54, 1.807) is 12.1 Å². The van der Waals surface area contributed by atoms with Crippen LogP contribution in [0.5, 0.6) is 5.75 Å². The smallest absolute Gasteiger partial charge is 0.257 e. The summed E-state index contributed by atoms with van der Waals surface area (Å²) in [5.41, 5.74) is 0.457. The van der Waals surface area contributed by atoms with Crippen LogP contribution in [0, 0.1) is 0 Å². The maximum Gasteiger partial charge on any atom is 0.257 e. The zero-order valence-corrected chi connectivity index (χ0v) is 14.3. The molecule has 0 saturated carbocycles. The van der Waals surface area contributed by atoms with Gasteiger partial charge in [-0.15, -0.1) is 12.4 Å². The van der Waals surface area contributed by atoms with E-state index in [0.29, 0.717) is 33.9 Å². The number of methoxy groups -OCH3 is 1. The van der Waals surface area contributed by atoms with Crippen molar-refractivity contribution in [3.8, 4) is 5.75 Å². The molecule has 21 heavy (non-hydrogen) atoms. The first-order valence-corrected chi connectivity index (χ1v) is 7.32. The van der Waals surface area contributed by atoms with Crippen molar-refractivity contribution >= 4 is 41.5 Å². The minimum atomic E-state index is -0.0691. The largest absolute Gasteiger partial charge is 0.496 e. The number of likely N-dealkylation sites (N-methyl/N-ethyl adjacent to an activating group) is 1. The number of hydrogen-bond acceptors (Lipinski definition) is 3. The fourth-order valence-electron chi connectivity index (χ4n) is 2.43. The van der Waals surface area contributed by atoms with Gasteiger partial charge in [0, 0.05) is 25.2 Å². The predicted octanol–water partition coefficient (Wildman–Crippen LogP) is 3.25. The number of rotatable bonds is 3. The van der Waals surface area contributed by atoms with E-state index >= 15 is 0 Å². The van der Waals surface area contributed by atoms with Crippen LogP contribution in [-0.2, 0) is 0 Å². The van der Waals surface area contributed by atoms with Gasteiger partial charge in [-0.25, -0.2) is 0 Å². The topological polar surface area (TPSA) is 41.6 Å². The van der Waals surface area contributed by atoms with Crippen molar-refractivity contribution in [1.29, 1.82) is 0 Å². The van der Waals surface area contributed by atoms with Gasteiger partial charge in [-0.1, -0.05) is 23.2 Å². The average Bonchev–Trinajstić information content (AvgIpc) is 2.48. The number of carbonyl (C=O) groups is 1. The Kier molecular flexibility index (Phi) is 7.07. The number of carbonyl (C=O) groups excluding carboxylic acids is 1. The summed E-state index contributed by atoms with van der Waals surface area (Å²) in [4.78, 5) is 14.4. The lowest BCUT2D eigenvalue weighted by molar-refractivity contribution is 0.0695. The van der Waals surface area contributed by atoms with Crippen molar-refractivity contribution < 1.29 is 9.53 Å². The molecule has 7 heteroatoms. The van der Waals surface area contributed by atoms with E-state index in [4.69, 9.17) is 27.9 Å². The van der Waals surface area contributed by atoms with Gasteiger partial charge in [0.2, 0.25) is 0 Å². The molecular weight excluding hydrogens is 335 g/mol. The minimum absolute atomic E-state index is 0. The van der Waals surface area contributed by atoms with Crippen LogP contribution in [0.15, 0.2) is 12.1 Å². The van der Waals surface area contributed by atoms with Gasteiger partial charge < -0.3 is 15.0 Å².